The Morgan fingerprint density at radius 2 is 0.679 bits per heavy atom. The van der Waals surface area contributed by atoms with Crippen molar-refractivity contribution in [2.75, 3.05) is 58.4 Å². The maximum absolute atomic E-state index is 11.4. The first-order valence-corrected chi connectivity index (χ1v) is 21.7. The van der Waals surface area contributed by atoms with Crippen molar-refractivity contribution in [2.45, 2.75) is 19.3 Å². The van der Waals surface area contributed by atoms with Crippen LogP contribution < -0.4 is 28.4 Å². The second-order valence-corrected chi connectivity index (χ2v) is 16.7. The molecule has 18 heteroatoms. The van der Waals surface area contributed by atoms with Gasteiger partial charge in [-0.2, -0.15) is 25.3 Å². The van der Waals surface area contributed by atoms with Crippen molar-refractivity contribution in [3.05, 3.63) is 82.9 Å². The summed E-state index contributed by atoms with van der Waals surface area (Å²) in [5.41, 5.74) is 3.35. The minimum absolute atomic E-state index is 0.00329. The maximum Gasteiger partial charge on any atom is 0.264 e. The third kappa shape index (κ3) is 15.0. The SMILES string of the molecule is C=Cc1cc(OCCCS(=O)(=O)O)c(/C=C/c2cc(OCCCS(=O)(=O)O)c(/C=C/c3cc(OCCCS(=O)(=O)O)c(C=C)cc3OC)cc2OC)cc1OC. The largest absolute Gasteiger partial charge is 0.496 e. The van der Waals surface area contributed by atoms with Gasteiger partial charge in [0.05, 0.1) is 58.4 Å². The first kappa shape index (κ1) is 45.5. The minimum Gasteiger partial charge on any atom is -0.496 e. The van der Waals surface area contributed by atoms with Gasteiger partial charge >= 0.3 is 0 Å². The molecule has 0 saturated carbocycles. The summed E-state index contributed by atoms with van der Waals surface area (Å²) in [5, 5.41) is 0. The molecule has 0 aliphatic rings. The van der Waals surface area contributed by atoms with Gasteiger partial charge in [-0.3, -0.25) is 13.7 Å². The van der Waals surface area contributed by atoms with Crippen LogP contribution in [0.4, 0.5) is 0 Å². The van der Waals surface area contributed by atoms with E-state index in [0.717, 1.165) is 0 Å². The molecule has 0 aromatic heterocycles. The van der Waals surface area contributed by atoms with Crippen LogP contribution in [0.15, 0.2) is 49.6 Å². The summed E-state index contributed by atoms with van der Waals surface area (Å²) < 4.78 is 129. The second kappa shape index (κ2) is 20.9. The van der Waals surface area contributed by atoms with E-state index in [9.17, 15) is 29.8 Å². The Morgan fingerprint density at radius 1 is 0.446 bits per heavy atom. The van der Waals surface area contributed by atoms with E-state index in [4.69, 9.17) is 37.5 Å². The van der Waals surface area contributed by atoms with Gasteiger partial charge in [-0.25, -0.2) is 0 Å². The molecule has 0 aliphatic heterocycles. The highest BCUT2D eigenvalue weighted by Gasteiger charge is 2.15. The highest BCUT2D eigenvalue weighted by atomic mass is 32.2. The van der Waals surface area contributed by atoms with Gasteiger partial charge in [-0.1, -0.05) is 49.6 Å². The molecule has 0 fully saturated rings. The molecule has 56 heavy (non-hydrogen) atoms. The van der Waals surface area contributed by atoms with Crippen molar-refractivity contribution in [3.63, 3.8) is 0 Å². The fourth-order valence-corrected chi connectivity index (χ4v) is 6.60. The second-order valence-electron chi connectivity index (χ2n) is 11.9. The fraction of sp³-hybridized carbons (Fsp3) is 0.316. The Labute approximate surface area is 328 Å². The van der Waals surface area contributed by atoms with Gasteiger partial charge in [0.1, 0.15) is 34.5 Å². The predicted molar refractivity (Wildman–Crippen MR) is 217 cm³/mol. The zero-order valence-corrected chi connectivity index (χ0v) is 33.6. The first-order valence-electron chi connectivity index (χ1n) is 16.9. The quantitative estimate of drug-likeness (QED) is 0.0512. The van der Waals surface area contributed by atoms with Crippen molar-refractivity contribution in [1.29, 1.82) is 0 Å². The number of benzene rings is 3. The summed E-state index contributed by atoms with van der Waals surface area (Å²) >= 11 is 0. The molecule has 0 radical (unpaired) electrons. The predicted octanol–water partition coefficient (Wildman–Crippen LogP) is 6.31. The Morgan fingerprint density at radius 3 is 0.982 bits per heavy atom. The highest BCUT2D eigenvalue weighted by Crippen LogP contribution is 2.36. The van der Waals surface area contributed by atoms with Crippen LogP contribution in [0.1, 0.15) is 52.6 Å². The Bertz CT molecular complexity index is 2240. The Hall–Kier alpha value is -4.85. The molecule has 306 valence electrons. The number of rotatable bonds is 24. The smallest absolute Gasteiger partial charge is 0.264 e. The molecule has 0 unspecified atom stereocenters. The zero-order chi connectivity index (χ0) is 41.5. The molecule has 3 aromatic carbocycles. The highest BCUT2D eigenvalue weighted by molar-refractivity contribution is 7.86. The zero-order valence-electron chi connectivity index (χ0n) is 31.2. The average molecular weight is 839 g/mol. The molecule has 0 spiro atoms. The van der Waals surface area contributed by atoms with Crippen molar-refractivity contribution < 1.29 is 67.3 Å². The van der Waals surface area contributed by atoms with Crippen LogP contribution in [-0.2, 0) is 30.4 Å². The molecular formula is C38H46O15S3. The molecule has 3 aromatic rings. The van der Waals surface area contributed by atoms with Crippen LogP contribution in [0.3, 0.4) is 0 Å². The van der Waals surface area contributed by atoms with Crippen molar-refractivity contribution in [1.82, 2.24) is 0 Å². The lowest BCUT2D eigenvalue weighted by Gasteiger charge is -2.15. The third-order valence-corrected chi connectivity index (χ3v) is 10.2. The van der Waals surface area contributed by atoms with Gasteiger partial charge in [0, 0.05) is 33.4 Å². The van der Waals surface area contributed by atoms with Crippen LogP contribution in [-0.4, -0.2) is 97.3 Å². The van der Waals surface area contributed by atoms with Crippen LogP contribution in [0, 0.1) is 0 Å². The lowest BCUT2D eigenvalue weighted by molar-refractivity contribution is 0.314. The van der Waals surface area contributed by atoms with E-state index in [0.29, 0.717) is 67.9 Å². The van der Waals surface area contributed by atoms with Crippen LogP contribution in [0.2, 0.25) is 0 Å². The van der Waals surface area contributed by atoms with E-state index in [2.05, 4.69) is 13.2 Å². The first-order chi connectivity index (χ1) is 26.4. The number of hydrogen-bond donors (Lipinski definition) is 3. The molecule has 0 aliphatic carbocycles. The normalized spacial score (nSPS) is 12.1. The monoisotopic (exact) mass is 838 g/mol. The van der Waals surface area contributed by atoms with Gasteiger partial charge in [0.2, 0.25) is 0 Å². The molecule has 15 nitrogen and oxygen atoms in total. The molecule has 0 heterocycles. The Balaban J connectivity index is 2.07. The van der Waals surface area contributed by atoms with Crippen molar-refractivity contribution in [2.24, 2.45) is 0 Å². The Kier molecular flexibility index (Phi) is 17.0. The van der Waals surface area contributed by atoms with Gasteiger partial charge in [-0.05, 0) is 55.7 Å². The summed E-state index contributed by atoms with van der Waals surface area (Å²) in [6.07, 6.45) is 10.0. The van der Waals surface area contributed by atoms with Crippen LogP contribution in [0.5, 0.6) is 34.5 Å². The minimum atomic E-state index is -4.23. The maximum atomic E-state index is 11.4. The summed E-state index contributed by atoms with van der Waals surface area (Å²) in [6, 6.07) is 10.1. The average Bonchev–Trinajstić information content (AvgIpc) is 3.13. The summed E-state index contributed by atoms with van der Waals surface area (Å²) in [4.78, 5) is 0. The van der Waals surface area contributed by atoms with E-state index < -0.39 is 47.6 Å². The molecule has 3 N–H and O–H groups in total. The van der Waals surface area contributed by atoms with E-state index in [1.165, 1.54) is 21.3 Å². The summed E-state index contributed by atoms with van der Waals surface area (Å²) in [5.74, 6) is 0.979. The summed E-state index contributed by atoms with van der Waals surface area (Å²) in [6.45, 7) is 7.52. The molecule has 0 saturated heterocycles. The van der Waals surface area contributed by atoms with Gasteiger partial charge in [-0.15, -0.1) is 0 Å². The molecule has 3 rings (SSSR count). The standard InChI is InChI=1S/C38H46O15S3/c1-6-27-22-37(52-16-9-19-55(42,43)44)31(23-33(27)48-3)13-12-30-26-38(53-17-10-20-56(45,46)47)32(24-35(30)50-5)14-11-29-25-36(28(7-2)21-34(29)49-4)51-15-8-18-54(39,40)41/h6-7,11-14,21-26H,1-2,8-10,15-20H2,3-5H3,(H,39,40,41)(H,42,43,44)(H,45,46,47)/b13-12+,14-11+. The van der Waals surface area contributed by atoms with Gasteiger partial charge < -0.3 is 28.4 Å². The molecule has 0 bridgehead atoms. The molecule has 0 amide bonds. The third-order valence-electron chi connectivity index (χ3n) is 7.82. The lowest BCUT2D eigenvalue weighted by Crippen LogP contribution is -2.09. The van der Waals surface area contributed by atoms with Gasteiger partial charge in [0.25, 0.3) is 30.4 Å². The van der Waals surface area contributed by atoms with Crippen molar-refractivity contribution in [3.8, 4) is 34.5 Å². The van der Waals surface area contributed by atoms with E-state index >= 15 is 0 Å². The molecule has 0 atom stereocenters. The van der Waals surface area contributed by atoms with E-state index in [1.807, 2.05) is 0 Å². The lowest BCUT2D eigenvalue weighted by atomic mass is 10.0. The van der Waals surface area contributed by atoms with Crippen molar-refractivity contribution >= 4 is 66.8 Å². The van der Waals surface area contributed by atoms with Crippen LogP contribution in [0.25, 0.3) is 36.5 Å². The topological polar surface area (TPSA) is 218 Å². The van der Waals surface area contributed by atoms with E-state index in [-0.39, 0.29) is 39.1 Å². The van der Waals surface area contributed by atoms with Gasteiger partial charge in [0.15, 0.2) is 0 Å². The van der Waals surface area contributed by atoms with Crippen LogP contribution >= 0.6 is 0 Å². The number of ether oxygens (including phenoxy) is 6. The number of methoxy groups -OCH3 is 3. The number of hydrogen-bond acceptors (Lipinski definition) is 12. The van der Waals surface area contributed by atoms with E-state index in [1.54, 1.807) is 72.9 Å². The summed E-state index contributed by atoms with van der Waals surface area (Å²) in [7, 11) is -8.10. The fourth-order valence-electron chi connectivity index (χ4n) is 5.15. The molecular weight excluding hydrogens is 793 g/mol.